The van der Waals surface area contributed by atoms with Gasteiger partial charge in [0.25, 0.3) is 0 Å². The fourth-order valence-electron chi connectivity index (χ4n) is 1.95. The van der Waals surface area contributed by atoms with Crippen LogP contribution in [0, 0.1) is 5.92 Å². The van der Waals surface area contributed by atoms with E-state index >= 15 is 0 Å². The Morgan fingerprint density at radius 3 is 2.78 bits per heavy atom. The Balaban J connectivity index is 2.11. The van der Waals surface area contributed by atoms with Crippen molar-refractivity contribution in [2.45, 2.75) is 12.6 Å². The Morgan fingerprint density at radius 2 is 2.17 bits per heavy atom. The molecule has 0 amide bonds. The highest BCUT2D eigenvalue weighted by molar-refractivity contribution is 7.99. The third kappa shape index (κ3) is 3.25. The Bertz CT molecular complexity index is 414. The van der Waals surface area contributed by atoms with Gasteiger partial charge in [-0.2, -0.15) is 24.9 Å². The van der Waals surface area contributed by atoms with Crippen molar-refractivity contribution in [2.24, 2.45) is 5.92 Å². The maximum absolute atomic E-state index is 12.8. The van der Waals surface area contributed by atoms with Gasteiger partial charge >= 0.3 is 6.18 Å². The second-order valence-corrected chi connectivity index (χ2v) is 5.56. The lowest BCUT2D eigenvalue weighted by Gasteiger charge is -2.17. The molecule has 1 aromatic rings. The number of alkyl halides is 3. The minimum atomic E-state index is -4.37. The van der Waals surface area contributed by atoms with Crippen molar-refractivity contribution in [1.29, 1.82) is 0 Å². The van der Waals surface area contributed by atoms with Crippen molar-refractivity contribution in [2.75, 3.05) is 29.1 Å². The summed E-state index contributed by atoms with van der Waals surface area (Å²) in [5.74, 6) is 2.57. The molecular weight excluding hydrogens is 261 g/mol. The van der Waals surface area contributed by atoms with E-state index in [1.807, 2.05) is 11.8 Å². The van der Waals surface area contributed by atoms with Gasteiger partial charge in [-0.25, -0.2) is 0 Å². The first-order valence-electron chi connectivity index (χ1n) is 5.75. The van der Waals surface area contributed by atoms with Crippen molar-refractivity contribution in [3.63, 3.8) is 0 Å². The van der Waals surface area contributed by atoms with Crippen LogP contribution in [0.3, 0.4) is 0 Å². The zero-order chi connectivity index (χ0) is 13.2. The maximum Gasteiger partial charge on any atom is 0.418 e. The third-order valence-electron chi connectivity index (χ3n) is 2.95. The molecule has 100 valence electrons. The van der Waals surface area contributed by atoms with Gasteiger partial charge in [0.1, 0.15) is 0 Å². The van der Waals surface area contributed by atoms with Crippen LogP contribution >= 0.6 is 11.8 Å². The number of anilines is 2. The number of hydrogen-bond donors (Lipinski definition) is 2. The quantitative estimate of drug-likeness (QED) is 0.830. The number of hydrogen-bond acceptors (Lipinski definition) is 3. The van der Waals surface area contributed by atoms with Crippen molar-refractivity contribution in [3.8, 4) is 0 Å². The minimum absolute atomic E-state index is 0.119. The van der Waals surface area contributed by atoms with E-state index in [4.69, 9.17) is 5.73 Å². The highest BCUT2D eigenvalue weighted by atomic mass is 32.2. The van der Waals surface area contributed by atoms with Gasteiger partial charge in [0.2, 0.25) is 0 Å². The SMILES string of the molecule is Nc1ccc(NCC2CCSC2)c(C(F)(F)F)c1. The average molecular weight is 276 g/mol. The molecule has 1 aliphatic heterocycles. The Labute approximate surface area is 108 Å². The Morgan fingerprint density at radius 1 is 1.39 bits per heavy atom. The molecular formula is C12H15F3N2S. The summed E-state index contributed by atoms with van der Waals surface area (Å²) in [5, 5.41) is 2.90. The van der Waals surface area contributed by atoms with Crippen LogP contribution in [0.1, 0.15) is 12.0 Å². The summed E-state index contributed by atoms with van der Waals surface area (Å²) < 4.78 is 38.5. The molecule has 1 aromatic carbocycles. The number of nitrogen functional groups attached to an aromatic ring is 1. The van der Waals surface area contributed by atoms with Gasteiger partial charge in [0.05, 0.1) is 5.56 Å². The van der Waals surface area contributed by atoms with Gasteiger partial charge < -0.3 is 11.1 Å². The molecule has 18 heavy (non-hydrogen) atoms. The first-order chi connectivity index (χ1) is 8.47. The summed E-state index contributed by atoms with van der Waals surface area (Å²) in [6.07, 6.45) is -3.31. The molecule has 0 spiro atoms. The van der Waals surface area contributed by atoms with Crippen LogP contribution in [0.4, 0.5) is 24.5 Å². The largest absolute Gasteiger partial charge is 0.418 e. The normalized spacial score (nSPS) is 20.1. The van der Waals surface area contributed by atoms with Crippen LogP contribution in [-0.4, -0.2) is 18.1 Å². The smallest absolute Gasteiger partial charge is 0.399 e. The molecule has 0 bridgehead atoms. The molecule has 6 heteroatoms. The second kappa shape index (κ2) is 5.30. The topological polar surface area (TPSA) is 38.0 Å². The third-order valence-corrected chi connectivity index (χ3v) is 4.19. The Hall–Kier alpha value is -1.04. The molecule has 0 aliphatic carbocycles. The van der Waals surface area contributed by atoms with E-state index < -0.39 is 11.7 Å². The van der Waals surface area contributed by atoms with Crippen LogP contribution in [-0.2, 0) is 6.18 Å². The number of thioether (sulfide) groups is 1. The highest BCUT2D eigenvalue weighted by Gasteiger charge is 2.33. The van der Waals surface area contributed by atoms with E-state index in [0.29, 0.717) is 12.5 Å². The van der Waals surface area contributed by atoms with Gasteiger partial charge in [-0.05, 0) is 42.0 Å². The number of rotatable bonds is 3. The van der Waals surface area contributed by atoms with E-state index in [-0.39, 0.29) is 11.4 Å². The molecule has 2 nitrogen and oxygen atoms in total. The maximum atomic E-state index is 12.8. The van der Waals surface area contributed by atoms with Gasteiger partial charge in [0.15, 0.2) is 0 Å². The molecule has 3 N–H and O–H groups in total. The highest BCUT2D eigenvalue weighted by Crippen LogP contribution is 2.36. The number of benzene rings is 1. The van der Waals surface area contributed by atoms with Gasteiger partial charge in [-0.15, -0.1) is 0 Å². The molecule has 2 rings (SSSR count). The van der Waals surface area contributed by atoms with E-state index in [2.05, 4.69) is 5.32 Å². The molecule has 1 heterocycles. The van der Waals surface area contributed by atoms with Crippen LogP contribution in [0.15, 0.2) is 18.2 Å². The van der Waals surface area contributed by atoms with Crippen LogP contribution in [0.25, 0.3) is 0 Å². The van der Waals surface area contributed by atoms with Gasteiger partial charge in [0, 0.05) is 17.9 Å². The lowest BCUT2D eigenvalue weighted by Crippen LogP contribution is -2.17. The molecule has 0 aromatic heterocycles. The fraction of sp³-hybridized carbons (Fsp3) is 0.500. The van der Waals surface area contributed by atoms with Crippen molar-refractivity contribution < 1.29 is 13.2 Å². The Kier molecular flexibility index (Phi) is 3.94. The molecule has 0 saturated carbocycles. The second-order valence-electron chi connectivity index (χ2n) is 4.41. The fourth-order valence-corrected chi connectivity index (χ4v) is 3.23. The van der Waals surface area contributed by atoms with E-state index in [0.717, 1.165) is 24.0 Å². The van der Waals surface area contributed by atoms with Crippen molar-refractivity contribution in [1.82, 2.24) is 0 Å². The van der Waals surface area contributed by atoms with Crippen molar-refractivity contribution >= 4 is 23.1 Å². The van der Waals surface area contributed by atoms with Gasteiger partial charge in [-0.1, -0.05) is 0 Å². The van der Waals surface area contributed by atoms with Crippen molar-refractivity contribution in [3.05, 3.63) is 23.8 Å². The minimum Gasteiger partial charge on any atom is -0.399 e. The summed E-state index contributed by atoms with van der Waals surface area (Å²) in [6, 6.07) is 3.87. The number of halogens is 3. The van der Waals surface area contributed by atoms with Crippen LogP contribution < -0.4 is 11.1 Å². The average Bonchev–Trinajstić information content (AvgIpc) is 2.79. The monoisotopic (exact) mass is 276 g/mol. The van der Waals surface area contributed by atoms with Gasteiger partial charge in [-0.3, -0.25) is 0 Å². The number of nitrogens with one attached hydrogen (secondary N) is 1. The van der Waals surface area contributed by atoms with E-state index in [1.54, 1.807) is 0 Å². The lowest BCUT2D eigenvalue weighted by atomic mass is 10.1. The zero-order valence-corrected chi connectivity index (χ0v) is 10.6. The van der Waals surface area contributed by atoms with E-state index in [9.17, 15) is 13.2 Å². The molecule has 1 fully saturated rings. The predicted molar refractivity (Wildman–Crippen MR) is 69.8 cm³/mol. The predicted octanol–water partition coefficient (Wildman–Crippen LogP) is 3.45. The molecule has 1 saturated heterocycles. The summed E-state index contributed by atoms with van der Waals surface area (Å²) >= 11 is 1.85. The number of nitrogens with two attached hydrogens (primary N) is 1. The first kappa shape index (κ1) is 13.4. The summed E-state index contributed by atoms with van der Waals surface area (Å²) in [4.78, 5) is 0. The first-order valence-corrected chi connectivity index (χ1v) is 6.90. The summed E-state index contributed by atoms with van der Waals surface area (Å²) in [6.45, 7) is 0.583. The molecule has 1 unspecified atom stereocenters. The summed E-state index contributed by atoms with van der Waals surface area (Å²) in [5.41, 5.74) is 4.97. The van der Waals surface area contributed by atoms with Crippen LogP contribution in [0.5, 0.6) is 0 Å². The zero-order valence-electron chi connectivity index (χ0n) is 9.76. The van der Waals surface area contributed by atoms with Crippen LogP contribution in [0.2, 0.25) is 0 Å². The molecule has 1 atom stereocenters. The standard InChI is InChI=1S/C12H15F3N2S/c13-12(14,15)10-5-9(16)1-2-11(10)17-6-8-3-4-18-7-8/h1-2,5,8,17H,3-4,6-7,16H2. The molecule has 0 radical (unpaired) electrons. The van der Waals surface area contributed by atoms with E-state index in [1.165, 1.54) is 12.1 Å². The lowest BCUT2D eigenvalue weighted by molar-refractivity contribution is -0.136. The summed E-state index contributed by atoms with van der Waals surface area (Å²) in [7, 11) is 0. The molecule has 1 aliphatic rings.